The summed E-state index contributed by atoms with van der Waals surface area (Å²) in [5.41, 5.74) is 1.18. The molecule has 2 rings (SSSR count). The standard InChI is InChI=1S/C16H19NO2/c1-2-15(10-16(18)19)17-11-12-7-8-13-5-3-4-6-14(13)9-12/h3-9,15,17H,2,10-11H2,1H3,(H,18,19)/t15-/m0/s1. The number of carbonyl (C=O) groups is 1. The molecule has 2 aromatic carbocycles. The molecule has 3 heteroatoms. The minimum absolute atomic E-state index is 0.0315. The van der Waals surface area contributed by atoms with E-state index in [-0.39, 0.29) is 12.5 Å². The van der Waals surface area contributed by atoms with Gasteiger partial charge in [0.1, 0.15) is 0 Å². The lowest BCUT2D eigenvalue weighted by Crippen LogP contribution is -2.30. The third-order valence-electron chi connectivity index (χ3n) is 3.32. The van der Waals surface area contributed by atoms with Crippen molar-refractivity contribution in [2.75, 3.05) is 0 Å². The van der Waals surface area contributed by atoms with E-state index in [9.17, 15) is 4.79 Å². The van der Waals surface area contributed by atoms with Crippen molar-refractivity contribution in [3.63, 3.8) is 0 Å². The van der Waals surface area contributed by atoms with Crippen LogP contribution in [0.1, 0.15) is 25.3 Å². The van der Waals surface area contributed by atoms with Crippen molar-refractivity contribution in [3.8, 4) is 0 Å². The molecule has 0 saturated carbocycles. The first-order valence-electron chi connectivity index (χ1n) is 6.62. The molecule has 0 heterocycles. The summed E-state index contributed by atoms with van der Waals surface area (Å²) < 4.78 is 0. The number of hydrogen-bond donors (Lipinski definition) is 2. The molecule has 2 N–H and O–H groups in total. The highest BCUT2D eigenvalue weighted by Crippen LogP contribution is 2.15. The fourth-order valence-electron chi connectivity index (χ4n) is 2.18. The minimum Gasteiger partial charge on any atom is -0.481 e. The summed E-state index contributed by atoms with van der Waals surface area (Å²) in [6.07, 6.45) is 0.990. The molecule has 2 aromatic rings. The fraction of sp³-hybridized carbons (Fsp3) is 0.312. The summed E-state index contributed by atoms with van der Waals surface area (Å²) >= 11 is 0. The number of fused-ring (bicyclic) bond motifs is 1. The van der Waals surface area contributed by atoms with E-state index in [2.05, 4.69) is 35.6 Å². The second kappa shape index (κ2) is 6.34. The summed E-state index contributed by atoms with van der Waals surface area (Å²) in [5.74, 6) is -0.752. The Labute approximate surface area is 113 Å². The molecule has 1 atom stereocenters. The number of aliphatic carboxylic acids is 1. The smallest absolute Gasteiger partial charge is 0.304 e. The normalized spacial score (nSPS) is 12.5. The van der Waals surface area contributed by atoms with Gasteiger partial charge in [0, 0.05) is 12.6 Å². The molecule has 0 aromatic heterocycles. The van der Waals surface area contributed by atoms with Gasteiger partial charge in [-0.15, -0.1) is 0 Å². The quantitative estimate of drug-likeness (QED) is 0.835. The van der Waals surface area contributed by atoms with E-state index >= 15 is 0 Å². The zero-order valence-corrected chi connectivity index (χ0v) is 11.1. The number of carboxylic acids is 1. The third-order valence-corrected chi connectivity index (χ3v) is 3.32. The fourth-order valence-corrected chi connectivity index (χ4v) is 2.18. The van der Waals surface area contributed by atoms with Crippen molar-refractivity contribution in [2.45, 2.75) is 32.4 Å². The average Bonchev–Trinajstić information content (AvgIpc) is 2.42. The van der Waals surface area contributed by atoms with Gasteiger partial charge in [0.15, 0.2) is 0 Å². The highest BCUT2D eigenvalue weighted by Gasteiger charge is 2.10. The van der Waals surface area contributed by atoms with Crippen molar-refractivity contribution in [3.05, 3.63) is 48.0 Å². The molecule has 0 unspecified atom stereocenters. The van der Waals surface area contributed by atoms with Gasteiger partial charge < -0.3 is 10.4 Å². The van der Waals surface area contributed by atoms with Crippen LogP contribution in [0.25, 0.3) is 10.8 Å². The van der Waals surface area contributed by atoms with E-state index in [1.165, 1.54) is 16.3 Å². The Morgan fingerprint density at radius 3 is 2.63 bits per heavy atom. The molecule has 3 nitrogen and oxygen atoms in total. The maximum absolute atomic E-state index is 10.7. The van der Waals surface area contributed by atoms with Crippen LogP contribution in [-0.4, -0.2) is 17.1 Å². The second-order valence-corrected chi connectivity index (χ2v) is 4.77. The van der Waals surface area contributed by atoms with Gasteiger partial charge in [-0.1, -0.05) is 43.3 Å². The van der Waals surface area contributed by atoms with E-state index in [0.717, 1.165) is 6.42 Å². The Bertz CT molecular complexity index is 565. The van der Waals surface area contributed by atoms with Crippen LogP contribution in [0.5, 0.6) is 0 Å². The van der Waals surface area contributed by atoms with Gasteiger partial charge in [-0.05, 0) is 28.8 Å². The summed E-state index contributed by atoms with van der Waals surface area (Å²) in [4.78, 5) is 10.7. The number of carboxylic acid groups (broad SMARTS) is 1. The lowest BCUT2D eigenvalue weighted by molar-refractivity contribution is -0.137. The molecular weight excluding hydrogens is 238 g/mol. The molecule has 0 amide bonds. The van der Waals surface area contributed by atoms with Crippen LogP contribution >= 0.6 is 0 Å². The molecule has 0 spiro atoms. The van der Waals surface area contributed by atoms with Crippen molar-refractivity contribution in [2.24, 2.45) is 0 Å². The monoisotopic (exact) mass is 257 g/mol. The van der Waals surface area contributed by atoms with Gasteiger partial charge in [-0.25, -0.2) is 0 Å². The Balaban J connectivity index is 2.02. The van der Waals surface area contributed by atoms with E-state index in [1.54, 1.807) is 0 Å². The molecular formula is C16H19NO2. The van der Waals surface area contributed by atoms with E-state index in [1.807, 2.05) is 19.1 Å². The highest BCUT2D eigenvalue weighted by atomic mass is 16.4. The Morgan fingerprint density at radius 1 is 1.21 bits per heavy atom. The van der Waals surface area contributed by atoms with Gasteiger partial charge in [0.05, 0.1) is 6.42 Å². The molecule has 0 fully saturated rings. The van der Waals surface area contributed by atoms with Crippen LogP contribution in [0.2, 0.25) is 0 Å². The Morgan fingerprint density at radius 2 is 1.95 bits per heavy atom. The largest absolute Gasteiger partial charge is 0.481 e. The molecule has 100 valence electrons. The second-order valence-electron chi connectivity index (χ2n) is 4.77. The minimum atomic E-state index is -0.752. The highest BCUT2D eigenvalue weighted by molar-refractivity contribution is 5.82. The Hall–Kier alpha value is -1.87. The van der Waals surface area contributed by atoms with E-state index < -0.39 is 5.97 Å². The van der Waals surface area contributed by atoms with Gasteiger partial charge in [0.2, 0.25) is 0 Å². The lowest BCUT2D eigenvalue weighted by atomic mass is 10.1. The summed E-state index contributed by atoms with van der Waals surface area (Å²) in [6.45, 7) is 2.71. The SMILES string of the molecule is CC[C@@H](CC(=O)O)NCc1ccc2ccccc2c1. The van der Waals surface area contributed by atoms with Crippen LogP contribution in [0.15, 0.2) is 42.5 Å². The van der Waals surface area contributed by atoms with Crippen molar-refractivity contribution < 1.29 is 9.90 Å². The number of benzene rings is 2. The first kappa shape index (κ1) is 13.6. The van der Waals surface area contributed by atoms with Crippen LogP contribution in [0.3, 0.4) is 0 Å². The molecule has 0 radical (unpaired) electrons. The lowest BCUT2D eigenvalue weighted by Gasteiger charge is -2.15. The molecule has 0 saturated heterocycles. The van der Waals surface area contributed by atoms with Crippen molar-refractivity contribution in [1.82, 2.24) is 5.32 Å². The van der Waals surface area contributed by atoms with Crippen molar-refractivity contribution in [1.29, 1.82) is 0 Å². The van der Waals surface area contributed by atoms with Crippen molar-refractivity contribution >= 4 is 16.7 Å². The van der Waals surface area contributed by atoms with Gasteiger partial charge in [-0.2, -0.15) is 0 Å². The topological polar surface area (TPSA) is 49.3 Å². The first-order valence-corrected chi connectivity index (χ1v) is 6.62. The zero-order chi connectivity index (χ0) is 13.7. The van der Waals surface area contributed by atoms with E-state index in [4.69, 9.17) is 5.11 Å². The van der Waals surface area contributed by atoms with Crippen LogP contribution in [0, 0.1) is 0 Å². The number of hydrogen-bond acceptors (Lipinski definition) is 2. The molecule has 0 aliphatic carbocycles. The van der Waals surface area contributed by atoms with Crippen LogP contribution in [0.4, 0.5) is 0 Å². The zero-order valence-electron chi connectivity index (χ0n) is 11.1. The summed E-state index contributed by atoms with van der Waals surface area (Å²) in [6, 6.07) is 14.6. The predicted molar refractivity (Wildman–Crippen MR) is 77.1 cm³/mol. The van der Waals surface area contributed by atoms with Gasteiger partial charge in [-0.3, -0.25) is 4.79 Å². The maximum Gasteiger partial charge on any atom is 0.304 e. The molecule has 0 aliphatic rings. The number of rotatable bonds is 6. The number of nitrogens with one attached hydrogen (secondary N) is 1. The van der Waals surface area contributed by atoms with E-state index in [0.29, 0.717) is 6.54 Å². The average molecular weight is 257 g/mol. The molecule has 19 heavy (non-hydrogen) atoms. The predicted octanol–water partition coefficient (Wildman–Crippen LogP) is 3.18. The molecule has 0 bridgehead atoms. The van der Waals surface area contributed by atoms with Gasteiger partial charge >= 0.3 is 5.97 Å². The Kier molecular flexibility index (Phi) is 4.53. The third kappa shape index (κ3) is 3.80. The molecule has 0 aliphatic heterocycles. The van der Waals surface area contributed by atoms with Gasteiger partial charge in [0.25, 0.3) is 0 Å². The summed E-state index contributed by atoms with van der Waals surface area (Å²) in [7, 11) is 0. The van der Waals surface area contributed by atoms with Crippen LogP contribution in [-0.2, 0) is 11.3 Å². The first-order chi connectivity index (χ1) is 9.19. The maximum atomic E-state index is 10.7. The summed E-state index contributed by atoms with van der Waals surface area (Å²) in [5, 5.41) is 14.6. The van der Waals surface area contributed by atoms with Crippen LogP contribution < -0.4 is 5.32 Å².